The van der Waals surface area contributed by atoms with Crippen LogP contribution in [0.3, 0.4) is 0 Å². The lowest BCUT2D eigenvalue weighted by Gasteiger charge is -2.10. The molecule has 1 aromatic heterocycles. The minimum Gasteiger partial charge on any atom is -0.313 e. The zero-order valence-corrected chi connectivity index (χ0v) is 10.9. The molecule has 3 heteroatoms. The summed E-state index contributed by atoms with van der Waals surface area (Å²) in [6.07, 6.45) is 1.82. The van der Waals surface area contributed by atoms with E-state index >= 15 is 0 Å². The Hall–Kier alpha value is -1.32. The Morgan fingerprint density at radius 2 is 1.88 bits per heavy atom. The van der Waals surface area contributed by atoms with Crippen molar-refractivity contribution in [1.29, 1.82) is 0 Å². The van der Waals surface area contributed by atoms with Crippen LogP contribution >= 0.6 is 11.8 Å². The zero-order valence-electron chi connectivity index (χ0n) is 10.1. The van der Waals surface area contributed by atoms with Crippen LogP contribution in [0.1, 0.15) is 18.5 Å². The lowest BCUT2D eigenvalue weighted by Crippen LogP contribution is -2.11. The van der Waals surface area contributed by atoms with Crippen molar-refractivity contribution in [1.82, 2.24) is 10.3 Å². The van der Waals surface area contributed by atoms with Crippen LogP contribution in [0.15, 0.2) is 58.6 Å². The van der Waals surface area contributed by atoms with Gasteiger partial charge in [0, 0.05) is 17.1 Å². The highest BCUT2D eigenvalue weighted by Gasteiger charge is 2.02. The molecule has 0 radical (unpaired) electrons. The number of nitrogens with one attached hydrogen (secondary N) is 1. The first-order chi connectivity index (χ1) is 8.29. The molecule has 2 rings (SSSR count). The van der Waals surface area contributed by atoms with Crippen molar-refractivity contribution in [3.8, 4) is 0 Å². The number of aromatic nitrogens is 1. The molecule has 1 atom stereocenters. The Kier molecular flexibility index (Phi) is 4.18. The summed E-state index contributed by atoms with van der Waals surface area (Å²) >= 11 is 1.68. The molecule has 17 heavy (non-hydrogen) atoms. The van der Waals surface area contributed by atoms with Gasteiger partial charge in [0.05, 0.1) is 0 Å². The number of pyridine rings is 1. The lowest BCUT2D eigenvalue weighted by molar-refractivity contribution is 0.652. The van der Waals surface area contributed by atoms with E-state index in [1.807, 2.05) is 31.4 Å². The standard InChI is InChI=1S/C14H16N2S/c1-11(15-2)12-6-8-13(9-7-12)17-14-5-3-4-10-16-14/h3-11,15H,1-2H3. The molecule has 0 fully saturated rings. The smallest absolute Gasteiger partial charge is 0.101 e. The molecule has 1 N–H and O–H groups in total. The third kappa shape index (κ3) is 3.32. The molecular weight excluding hydrogens is 228 g/mol. The molecule has 0 saturated heterocycles. The van der Waals surface area contributed by atoms with Gasteiger partial charge in [-0.1, -0.05) is 30.0 Å². The summed E-state index contributed by atoms with van der Waals surface area (Å²) in [6, 6.07) is 15.0. The molecule has 1 heterocycles. The average molecular weight is 244 g/mol. The van der Waals surface area contributed by atoms with E-state index in [0.717, 1.165) is 5.03 Å². The van der Waals surface area contributed by atoms with Crippen LogP contribution in [0.25, 0.3) is 0 Å². The van der Waals surface area contributed by atoms with Gasteiger partial charge in [0.2, 0.25) is 0 Å². The highest BCUT2D eigenvalue weighted by atomic mass is 32.2. The molecule has 2 aromatic rings. The molecule has 1 unspecified atom stereocenters. The third-order valence-electron chi connectivity index (χ3n) is 2.67. The average Bonchev–Trinajstić information content (AvgIpc) is 2.40. The quantitative estimate of drug-likeness (QED) is 0.891. The number of hydrogen-bond acceptors (Lipinski definition) is 3. The number of benzene rings is 1. The molecule has 2 nitrogen and oxygen atoms in total. The SMILES string of the molecule is CNC(C)c1ccc(Sc2ccccn2)cc1. The molecule has 0 saturated carbocycles. The van der Waals surface area contributed by atoms with E-state index in [4.69, 9.17) is 0 Å². The Morgan fingerprint density at radius 1 is 1.12 bits per heavy atom. The van der Waals surface area contributed by atoms with Gasteiger partial charge in [0.15, 0.2) is 0 Å². The van der Waals surface area contributed by atoms with Crippen LogP contribution in [0, 0.1) is 0 Å². The van der Waals surface area contributed by atoms with Crippen LogP contribution in [0.5, 0.6) is 0 Å². The summed E-state index contributed by atoms with van der Waals surface area (Å²) in [5.74, 6) is 0. The predicted molar refractivity (Wildman–Crippen MR) is 72.3 cm³/mol. The monoisotopic (exact) mass is 244 g/mol. The second kappa shape index (κ2) is 5.84. The largest absolute Gasteiger partial charge is 0.313 e. The van der Waals surface area contributed by atoms with Crippen molar-refractivity contribution in [2.75, 3.05) is 7.05 Å². The first-order valence-electron chi connectivity index (χ1n) is 5.65. The molecule has 0 amide bonds. The molecule has 88 valence electrons. The van der Waals surface area contributed by atoms with Gasteiger partial charge in [0.1, 0.15) is 5.03 Å². The van der Waals surface area contributed by atoms with E-state index in [0.29, 0.717) is 6.04 Å². The molecule has 0 aliphatic rings. The third-order valence-corrected chi connectivity index (χ3v) is 3.63. The molecule has 0 spiro atoms. The molecule has 0 bridgehead atoms. The molecule has 0 aliphatic carbocycles. The van der Waals surface area contributed by atoms with Gasteiger partial charge in [-0.2, -0.15) is 0 Å². The second-order valence-electron chi connectivity index (χ2n) is 3.85. The van der Waals surface area contributed by atoms with Crippen LogP contribution < -0.4 is 5.32 Å². The van der Waals surface area contributed by atoms with Crippen LogP contribution in [0.4, 0.5) is 0 Å². The van der Waals surface area contributed by atoms with Crippen molar-refractivity contribution < 1.29 is 0 Å². The predicted octanol–water partition coefficient (Wildman–Crippen LogP) is 3.51. The second-order valence-corrected chi connectivity index (χ2v) is 4.94. The maximum atomic E-state index is 4.30. The van der Waals surface area contributed by atoms with Gasteiger partial charge in [-0.15, -0.1) is 0 Å². The maximum Gasteiger partial charge on any atom is 0.101 e. The van der Waals surface area contributed by atoms with E-state index in [1.54, 1.807) is 11.8 Å². The van der Waals surface area contributed by atoms with Crippen molar-refractivity contribution in [2.45, 2.75) is 22.9 Å². The van der Waals surface area contributed by atoms with Crippen molar-refractivity contribution in [3.05, 3.63) is 54.2 Å². The van der Waals surface area contributed by atoms with Crippen molar-refractivity contribution in [2.24, 2.45) is 0 Å². The number of nitrogens with zero attached hydrogens (tertiary/aromatic N) is 1. The van der Waals surface area contributed by atoms with Gasteiger partial charge < -0.3 is 5.32 Å². The van der Waals surface area contributed by atoms with Crippen LogP contribution in [0.2, 0.25) is 0 Å². The number of rotatable bonds is 4. The summed E-state index contributed by atoms with van der Waals surface area (Å²) in [5.41, 5.74) is 1.30. The van der Waals surface area contributed by atoms with Crippen LogP contribution in [-0.2, 0) is 0 Å². The van der Waals surface area contributed by atoms with Crippen molar-refractivity contribution in [3.63, 3.8) is 0 Å². The Bertz CT molecular complexity index is 453. The first kappa shape index (κ1) is 12.1. The van der Waals surface area contributed by atoms with Gasteiger partial charge in [0.25, 0.3) is 0 Å². The van der Waals surface area contributed by atoms with Gasteiger partial charge in [-0.05, 0) is 43.8 Å². The fourth-order valence-corrected chi connectivity index (χ4v) is 2.29. The zero-order chi connectivity index (χ0) is 12.1. The Morgan fingerprint density at radius 3 is 2.47 bits per heavy atom. The Balaban J connectivity index is 2.08. The van der Waals surface area contributed by atoms with Gasteiger partial charge in [-0.25, -0.2) is 4.98 Å². The highest BCUT2D eigenvalue weighted by molar-refractivity contribution is 7.99. The summed E-state index contributed by atoms with van der Waals surface area (Å²) in [5, 5.41) is 4.26. The Labute approximate surface area is 106 Å². The fourth-order valence-electron chi connectivity index (χ4n) is 1.52. The van der Waals surface area contributed by atoms with E-state index in [1.165, 1.54) is 10.5 Å². The molecular formula is C14H16N2S. The fraction of sp³-hybridized carbons (Fsp3) is 0.214. The van der Waals surface area contributed by atoms with Crippen LogP contribution in [-0.4, -0.2) is 12.0 Å². The van der Waals surface area contributed by atoms with E-state index in [2.05, 4.69) is 41.5 Å². The number of hydrogen-bond donors (Lipinski definition) is 1. The minimum atomic E-state index is 0.393. The summed E-state index contributed by atoms with van der Waals surface area (Å²) in [6.45, 7) is 2.15. The maximum absolute atomic E-state index is 4.30. The first-order valence-corrected chi connectivity index (χ1v) is 6.47. The molecule has 0 aliphatic heterocycles. The summed E-state index contributed by atoms with van der Waals surface area (Å²) in [7, 11) is 1.97. The van der Waals surface area contributed by atoms with Gasteiger partial charge in [-0.3, -0.25) is 0 Å². The topological polar surface area (TPSA) is 24.9 Å². The molecule has 1 aromatic carbocycles. The normalized spacial score (nSPS) is 12.4. The summed E-state index contributed by atoms with van der Waals surface area (Å²) < 4.78 is 0. The minimum absolute atomic E-state index is 0.393. The van der Waals surface area contributed by atoms with E-state index < -0.39 is 0 Å². The highest BCUT2D eigenvalue weighted by Crippen LogP contribution is 2.26. The van der Waals surface area contributed by atoms with Crippen molar-refractivity contribution >= 4 is 11.8 Å². The van der Waals surface area contributed by atoms with E-state index in [-0.39, 0.29) is 0 Å². The lowest BCUT2D eigenvalue weighted by atomic mass is 10.1. The summed E-state index contributed by atoms with van der Waals surface area (Å²) in [4.78, 5) is 5.52. The van der Waals surface area contributed by atoms with E-state index in [9.17, 15) is 0 Å². The van der Waals surface area contributed by atoms with Gasteiger partial charge >= 0.3 is 0 Å².